The maximum Gasteiger partial charge on any atom is 0.253 e. The highest BCUT2D eigenvalue weighted by Gasteiger charge is 2.22. The van der Waals surface area contributed by atoms with Crippen molar-refractivity contribution >= 4 is 33.2 Å². The highest BCUT2D eigenvalue weighted by molar-refractivity contribution is 7.92. The lowest BCUT2D eigenvalue weighted by molar-refractivity contribution is -0.114. The van der Waals surface area contributed by atoms with Crippen molar-refractivity contribution in [1.82, 2.24) is 4.90 Å². The monoisotopic (exact) mass is 433 g/mol. The quantitative estimate of drug-likeness (QED) is 0.741. The Labute approximate surface area is 175 Å². The summed E-state index contributed by atoms with van der Waals surface area (Å²) < 4.78 is 36.4. The second kappa shape index (κ2) is 8.62. The lowest BCUT2D eigenvalue weighted by Crippen LogP contribution is -2.37. The third kappa shape index (κ3) is 5.01. The van der Waals surface area contributed by atoms with Crippen molar-refractivity contribution in [1.29, 1.82) is 0 Å². The summed E-state index contributed by atoms with van der Waals surface area (Å²) in [6, 6.07) is 11.0. The standard InChI is InChI=1S/C20H23N3O6S/c1-22(2)20(25)14-4-7-16(8-5-14)23(30(3,26)27)13-19(24)21-15-6-9-17-18(12-15)29-11-10-28-17/h4-9,12H,10-11,13H2,1-3H3,(H,21,24). The first-order valence-electron chi connectivity index (χ1n) is 9.14. The van der Waals surface area contributed by atoms with Crippen LogP contribution < -0.4 is 19.1 Å². The first-order valence-corrected chi connectivity index (χ1v) is 11.0. The number of hydrogen-bond donors (Lipinski definition) is 1. The van der Waals surface area contributed by atoms with Crippen LogP contribution in [0.2, 0.25) is 0 Å². The Morgan fingerprint density at radius 2 is 1.63 bits per heavy atom. The largest absolute Gasteiger partial charge is 0.486 e. The van der Waals surface area contributed by atoms with Crippen molar-refractivity contribution in [3.05, 3.63) is 48.0 Å². The molecule has 1 heterocycles. The van der Waals surface area contributed by atoms with Crippen LogP contribution in [0, 0.1) is 0 Å². The molecule has 2 aromatic carbocycles. The number of benzene rings is 2. The van der Waals surface area contributed by atoms with E-state index in [4.69, 9.17) is 9.47 Å². The number of rotatable bonds is 6. The van der Waals surface area contributed by atoms with Crippen LogP contribution in [0.1, 0.15) is 10.4 Å². The number of ether oxygens (including phenoxy) is 2. The first-order chi connectivity index (χ1) is 14.1. The van der Waals surface area contributed by atoms with E-state index in [1.54, 1.807) is 32.3 Å². The molecular formula is C20H23N3O6S. The van der Waals surface area contributed by atoms with E-state index >= 15 is 0 Å². The van der Waals surface area contributed by atoms with Gasteiger partial charge in [0.2, 0.25) is 15.9 Å². The van der Waals surface area contributed by atoms with Crippen LogP contribution in [0.4, 0.5) is 11.4 Å². The van der Waals surface area contributed by atoms with E-state index in [9.17, 15) is 18.0 Å². The molecule has 0 aliphatic carbocycles. The second-order valence-electron chi connectivity index (χ2n) is 6.92. The summed E-state index contributed by atoms with van der Waals surface area (Å²) in [6.07, 6.45) is 1.02. The van der Waals surface area contributed by atoms with Crippen molar-refractivity contribution in [3.63, 3.8) is 0 Å². The fraction of sp³-hybridized carbons (Fsp3) is 0.300. The van der Waals surface area contributed by atoms with Gasteiger partial charge in [-0.25, -0.2) is 8.42 Å². The van der Waals surface area contributed by atoms with E-state index in [-0.39, 0.29) is 11.6 Å². The summed E-state index contributed by atoms with van der Waals surface area (Å²) in [5, 5.41) is 2.67. The van der Waals surface area contributed by atoms with Crippen molar-refractivity contribution in [2.45, 2.75) is 0 Å². The predicted molar refractivity (Wildman–Crippen MR) is 113 cm³/mol. The number of nitrogens with one attached hydrogen (secondary N) is 1. The molecule has 1 N–H and O–H groups in total. The maximum absolute atomic E-state index is 12.5. The fourth-order valence-corrected chi connectivity index (χ4v) is 3.74. The first kappa shape index (κ1) is 21.4. The van der Waals surface area contributed by atoms with E-state index < -0.39 is 22.5 Å². The Bertz CT molecular complexity index is 1050. The van der Waals surface area contributed by atoms with Gasteiger partial charge in [0.1, 0.15) is 19.8 Å². The van der Waals surface area contributed by atoms with Crippen LogP contribution in [-0.4, -0.2) is 65.2 Å². The number of sulfonamides is 1. The normalized spacial score (nSPS) is 12.8. The third-order valence-electron chi connectivity index (χ3n) is 4.32. The number of carbonyl (C=O) groups excluding carboxylic acids is 2. The van der Waals surface area contributed by atoms with E-state index in [0.717, 1.165) is 10.6 Å². The van der Waals surface area contributed by atoms with Gasteiger partial charge in [0, 0.05) is 31.4 Å². The molecule has 0 bridgehead atoms. The minimum atomic E-state index is -3.74. The Hall–Kier alpha value is -3.27. The smallest absolute Gasteiger partial charge is 0.253 e. The maximum atomic E-state index is 12.5. The Balaban J connectivity index is 1.75. The topological polar surface area (TPSA) is 105 Å². The molecule has 1 aliphatic rings. The van der Waals surface area contributed by atoms with Gasteiger partial charge in [-0.05, 0) is 36.4 Å². The molecule has 3 rings (SSSR count). The molecule has 0 atom stereocenters. The van der Waals surface area contributed by atoms with Gasteiger partial charge >= 0.3 is 0 Å². The van der Waals surface area contributed by atoms with Crippen LogP contribution in [0.15, 0.2) is 42.5 Å². The lowest BCUT2D eigenvalue weighted by Gasteiger charge is -2.23. The summed E-state index contributed by atoms with van der Waals surface area (Å²) in [6.45, 7) is 0.452. The molecule has 9 nitrogen and oxygen atoms in total. The molecular weight excluding hydrogens is 410 g/mol. The minimum Gasteiger partial charge on any atom is -0.486 e. The highest BCUT2D eigenvalue weighted by atomic mass is 32.2. The van der Waals surface area contributed by atoms with Gasteiger partial charge < -0.3 is 19.7 Å². The Morgan fingerprint density at radius 1 is 1.00 bits per heavy atom. The SMILES string of the molecule is CN(C)C(=O)c1ccc(N(CC(=O)Nc2ccc3c(c2)OCCO3)S(C)(=O)=O)cc1. The second-order valence-corrected chi connectivity index (χ2v) is 8.83. The lowest BCUT2D eigenvalue weighted by atomic mass is 10.2. The summed E-state index contributed by atoms with van der Waals surface area (Å²) in [4.78, 5) is 26.0. The Kier molecular flexibility index (Phi) is 6.16. The van der Waals surface area contributed by atoms with Gasteiger partial charge in [0.05, 0.1) is 11.9 Å². The zero-order chi connectivity index (χ0) is 21.9. The summed E-state index contributed by atoms with van der Waals surface area (Å²) >= 11 is 0. The van der Waals surface area contributed by atoms with Crippen LogP contribution in [0.25, 0.3) is 0 Å². The van der Waals surface area contributed by atoms with Crippen molar-refractivity contribution in [3.8, 4) is 11.5 Å². The van der Waals surface area contributed by atoms with E-state index in [1.807, 2.05) is 0 Å². The molecule has 0 radical (unpaired) electrons. The molecule has 0 fully saturated rings. The number of anilines is 2. The molecule has 10 heteroatoms. The average molecular weight is 433 g/mol. The fourth-order valence-electron chi connectivity index (χ4n) is 2.88. The molecule has 0 saturated carbocycles. The highest BCUT2D eigenvalue weighted by Crippen LogP contribution is 2.32. The average Bonchev–Trinajstić information content (AvgIpc) is 2.70. The molecule has 2 aromatic rings. The third-order valence-corrected chi connectivity index (χ3v) is 5.46. The minimum absolute atomic E-state index is 0.205. The van der Waals surface area contributed by atoms with Gasteiger partial charge in [-0.3, -0.25) is 13.9 Å². The number of carbonyl (C=O) groups is 2. The zero-order valence-electron chi connectivity index (χ0n) is 16.9. The zero-order valence-corrected chi connectivity index (χ0v) is 17.7. The van der Waals surface area contributed by atoms with Crippen LogP contribution >= 0.6 is 0 Å². The molecule has 1 aliphatic heterocycles. The summed E-state index contributed by atoms with van der Waals surface area (Å²) in [5.41, 5.74) is 1.16. The van der Waals surface area contributed by atoms with Gasteiger partial charge in [-0.2, -0.15) is 0 Å². The molecule has 0 aromatic heterocycles. The molecule has 0 saturated heterocycles. The van der Waals surface area contributed by atoms with Crippen LogP contribution in [0.5, 0.6) is 11.5 Å². The predicted octanol–water partition coefficient (Wildman–Crippen LogP) is 1.56. The van der Waals surface area contributed by atoms with Crippen molar-refractivity contribution in [2.24, 2.45) is 0 Å². The van der Waals surface area contributed by atoms with Gasteiger partial charge in [-0.1, -0.05) is 0 Å². The molecule has 160 valence electrons. The van der Waals surface area contributed by atoms with E-state index in [0.29, 0.717) is 36.0 Å². The number of fused-ring (bicyclic) bond motifs is 1. The number of hydrogen-bond acceptors (Lipinski definition) is 6. The van der Waals surface area contributed by atoms with Crippen LogP contribution in [0.3, 0.4) is 0 Å². The number of nitrogens with zero attached hydrogens (tertiary/aromatic N) is 2. The van der Waals surface area contributed by atoms with Crippen molar-refractivity contribution < 1.29 is 27.5 Å². The van der Waals surface area contributed by atoms with Gasteiger partial charge in [-0.15, -0.1) is 0 Å². The summed E-state index contributed by atoms with van der Waals surface area (Å²) in [5.74, 6) is 0.374. The van der Waals surface area contributed by atoms with Crippen molar-refractivity contribution in [2.75, 3.05) is 49.7 Å². The number of amides is 2. The molecule has 0 unspecified atom stereocenters. The molecule has 30 heavy (non-hydrogen) atoms. The van der Waals surface area contributed by atoms with Crippen LogP contribution in [-0.2, 0) is 14.8 Å². The molecule has 0 spiro atoms. The molecule has 2 amide bonds. The van der Waals surface area contributed by atoms with E-state index in [1.165, 1.54) is 29.2 Å². The summed E-state index contributed by atoms with van der Waals surface area (Å²) in [7, 11) is -0.484. The van der Waals surface area contributed by atoms with Gasteiger partial charge in [0.15, 0.2) is 11.5 Å². The van der Waals surface area contributed by atoms with Gasteiger partial charge in [0.25, 0.3) is 5.91 Å². The van der Waals surface area contributed by atoms with E-state index in [2.05, 4.69) is 5.32 Å². The Morgan fingerprint density at radius 3 is 2.23 bits per heavy atom.